The van der Waals surface area contributed by atoms with Crippen molar-refractivity contribution in [2.45, 2.75) is 38.1 Å². The van der Waals surface area contributed by atoms with Crippen molar-refractivity contribution in [3.63, 3.8) is 0 Å². The van der Waals surface area contributed by atoms with Crippen LogP contribution in [0, 0.1) is 4.77 Å². The summed E-state index contributed by atoms with van der Waals surface area (Å²) < 4.78 is 2.49. The highest BCUT2D eigenvalue weighted by atomic mass is 32.2. The number of nitrogens with one attached hydrogen (secondary N) is 2. The molecule has 1 aliphatic rings. The number of amides is 1. The van der Waals surface area contributed by atoms with Crippen molar-refractivity contribution in [3.8, 4) is 0 Å². The van der Waals surface area contributed by atoms with E-state index < -0.39 is 0 Å². The van der Waals surface area contributed by atoms with Crippen LogP contribution in [0.3, 0.4) is 0 Å². The Morgan fingerprint density at radius 3 is 3.24 bits per heavy atom. The van der Waals surface area contributed by atoms with Gasteiger partial charge in [-0.2, -0.15) is 5.10 Å². The Morgan fingerprint density at radius 2 is 2.59 bits per heavy atom. The number of carbonyl (C=O) groups is 1. The van der Waals surface area contributed by atoms with E-state index >= 15 is 0 Å². The molecule has 5 nitrogen and oxygen atoms in total. The fourth-order valence-electron chi connectivity index (χ4n) is 1.88. The zero-order chi connectivity index (χ0) is 12.3. The van der Waals surface area contributed by atoms with Crippen LogP contribution in [0.2, 0.25) is 0 Å². The van der Waals surface area contributed by atoms with Gasteiger partial charge >= 0.3 is 0 Å². The second-order valence-corrected chi connectivity index (χ2v) is 5.61. The van der Waals surface area contributed by atoms with Crippen LogP contribution in [0.5, 0.6) is 0 Å². The van der Waals surface area contributed by atoms with E-state index in [9.17, 15) is 4.79 Å². The van der Waals surface area contributed by atoms with E-state index in [1.807, 2.05) is 11.5 Å². The monoisotopic (exact) mass is 272 g/mol. The summed E-state index contributed by atoms with van der Waals surface area (Å²) in [5, 5.41) is 9.89. The average molecular weight is 272 g/mol. The van der Waals surface area contributed by atoms with Crippen LogP contribution in [0.15, 0.2) is 0 Å². The predicted octanol–water partition coefficient (Wildman–Crippen LogP) is 1.47. The summed E-state index contributed by atoms with van der Waals surface area (Å²) in [6, 6.07) is 0. The lowest BCUT2D eigenvalue weighted by Crippen LogP contribution is -2.31. The third-order valence-electron chi connectivity index (χ3n) is 2.80. The van der Waals surface area contributed by atoms with E-state index in [0.29, 0.717) is 11.3 Å². The number of hydrogen-bond donors (Lipinski definition) is 2. The van der Waals surface area contributed by atoms with Gasteiger partial charge in [-0.15, -0.1) is 11.8 Å². The molecule has 7 heteroatoms. The Morgan fingerprint density at radius 1 is 1.76 bits per heavy atom. The van der Waals surface area contributed by atoms with E-state index in [1.165, 1.54) is 0 Å². The first-order valence-electron chi connectivity index (χ1n) is 5.75. The third-order valence-corrected chi connectivity index (χ3v) is 4.48. The highest BCUT2D eigenvalue weighted by molar-refractivity contribution is 8.00. The molecule has 0 bridgehead atoms. The molecule has 1 unspecified atom stereocenters. The summed E-state index contributed by atoms with van der Waals surface area (Å²) in [5.74, 6) is 1.99. The number of hydrogen-bond acceptors (Lipinski definition) is 4. The van der Waals surface area contributed by atoms with Crippen molar-refractivity contribution in [1.29, 1.82) is 0 Å². The highest BCUT2D eigenvalue weighted by Crippen LogP contribution is 2.25. The van der Waals surface area contributed by atoms with E-state index in [2.05, 4.69) is 15.5 Å². The number of aromatic amines is 1. The van der Waals surface area contributed by atoms with Gasteiger partial charge in [-0.05, 0) is 37.7 Å². The Hall–Kier alpha value is -0.820. The lowest BCUT2D eigenvalue weighted by Gasteiger charge is -2.09. The summed E-state index contributed by atoms with van der Waals surface area (Å²) in [6.45, 7) is 3.21. The van der Waals surface area contributed by atoms with Crippen molar-refractivity contribution in [2.24, 2.45) is 0 Å². The first kappa shape index (κ1) is 12.6. The molecule has 1 aromatic heterocycles. The van der Waals surface area contributed by atoms with E-state index in [4.69, 9.17) is 12.2 Å². The quantitative estimate of drug-likeness (QED) is 0.815. The van der Waals surface area contributed by atoms with Gasteiger partial charge in [-0.1, -0.05) is 0 Å². The number of aromatic nitrogens is 3. The molecule has 0 saturated carbocycles. The molecular weight excluding hydrogens is 256 g/mol. The second-order valence-electron chi connectivity index (χ2n) is 3.91. The molecule has 1 saturated heterocycles. The van der Waals surface area contributed by atoms with Gasteiger partial charge in [0.05, 0.1) is 11.8 Å². The molecular formula is C10H16N4OS2. The zero-order valence-corrected chi connectivity index (χ0v) is 11.4. The maximum atomic E-state index is 11.8. The van der Waals surface area contributed by atoms with E-state index in [-0.39, 0.29) is 11.2 Å². The summed E-state index contributed by atoms with van der Waals surface area (Å²) in [4.78, 5) is 11.8. The first-order chi connectivity index (χ1) is 8.22. The Balaban J connectivity index is 1.92. The molecule has 1 aromatic rings. The van der Waals surface area contributed by atoms with E-state index in [1.54, 1.807) is 11.8 Å². The minimum atomic E-state index is 0.115. The molecule has 2 heterocycles. The van der Waals surface area contributed by atoms with Gasteiger partial charge in [0.1, 0.15) is 0 Å². The van der Waals surface area contributed by atoms with Crippen molar-refractivity contribution >= 4 is 29.9 Å². The minimum absolute atomic E-state index is 0.115. The fourth-order valence-corrected chi connectivity index (χ4v) is 3.34. The van der Waals surface area contributed by atoms with E-state index in [0.717, 1.165) is 31.0 Å². The Labute approximate surface area is 109 Å². The Kier molecular flexibility index (Phi) is 4.22. The van der Waals surface area contributed by atoms with Gasteiger partial charge in [0, 0.05) is 6.54 Å². The summed E-state index contributed by atoms with van der Waals surface area (Å²) in [5.41, 5.74) is 0. The van der Waals surface area contributed by atoms with Crippen LogP contribution in [-0.2, 0) is 17.9 Å². The lowest BCUT2D eigenvalue weighted by atomic mass is 10.2. The molecule has 17 heavy (non-hydrogen) atoms. The summed E-state index contributed by atoms with van der Waals surface area (Å²) in [6.07, 6.45) is 2.12. The molecule has 2 rings (SSSR count). The molecule has 1 atom stereocenters. The molecule has 2 N–H and O–H groups in total. The predicted molar refractivity (Wildman–Crippen MR) is 70.4 cm³/mol. The average Bonchev–Trinajstić information content (AvgIpc) is 2.95. The number of carbonyl (C=O) groups excluding carboxylic acids is 1. The molecule has 0 spiro atoms. The van der Waals surface area contributed by atoms with Crippen LogP contribution >= 0.6 is 24.0 Å². The normalized spacial score (nSPS) is 19.5. The SMILES string of the molecule is CCn1c(CNC(=O)C2CCCS2)n[nH]c1=S. The molecule has 1 amide bonds. The molecule has 94 valence electrons. The topological polar surface area (TPSA) is 62.7 Å². The molecule has 0 aliphatic carbocycles. The lowest BCUT2D eigenvalue weighted by molar-refractivity contribution is -0.120. The number of rotatable bonds is 4. The maximum absolute atomic E-state index is 11.8. The number of H-pyrrole nitrogens is 1. The highest BCUT2D eigenvalue weighted by Gasteiger charge is 2.23. The standard InChI is InChI=1S/C10H16N4OS2/c1-2-14-8(12-13-10(14)16)6-11-9(15)7-4-3-5-17-7/h7H,2-6H2,1H3,(H,11,15)(H,13,16). The molecule has 1 fully saturated rings. The van der Waals surface area contributed by atoms with Gasteiger partial charge in [0.2, 0.25) is 5.91 Å². The second kappa shape index (κ2) is 5.68. The van der Waals surface area contributed by atoms with Gasteiger partial charge in [0.25, 0.3) is 0 Å². The Bertz CT molecular complexity index is 447. The molecule has 0 radical (unpaired) electrons. The van der Waals surface area contributed by atoms with Gasteiger partial charge in [0.15, 0.2) is 10.6 Å². The molecule has 0 aromatic carbocycles. The maximum Gasteiger partial charge on any atom is 0.233 e. The van der Waals surface area contributed by atoms with Crippen molar-refractivity contribution in [2.75, 3.05) is 5.75 Å². The smallest absolute Gasteiger partial charge is 0.233 e. The van der Waals surface area contributed by atoms with Crippen LogP contribution in [0.4, 0.5) is 0 Å². The first-order valence-corrected chi connectivity index (χ1v) is 7.21. The van der Waals surface area contributed by atoms with Crippen molar-refractivity contribution < 1.29 is 4.79 Å². The van der Waals surface area contributed by atoms with Crippen molar-refractivity contribution in [1.82, 2.24) is 20.1 Å². The van der Waals surface area contributed by atoms with Gasteiger partial charge in [-0.3, -0.25) is 9.89 Å². The van der Waals surface area contributed by atoms with Crippen LogP contribution in [-0.4, -0.2) is 31.7 Å². The fraction of sp³-hybridized carbons (Fsp3) is 0.700. The van der Waals surface area contributed by atoms with Crippen LogP contribution < -0.4 is 5.32 Å². The molecule has 1 aliphatic heterocycles. The third kappa shape index (κ3) is 2.90. The number of thioether (sulfide) groups is 1. The summed E-state index contributed by atoms with van der Waals surface area (Å²) in [7, 11) is 0. The van der Waals surface area contributed by atoms with Gasteiger partial charge < -0.3 is 9.88 Å². The largest absolute Gasteiger partial charge is 0.348 e. The van der Waals surface area contributed by atoms with Crippen molar-refractivity contribution in [3.05, 3.63) is 10.6 Å². The van der Waals surface area contributed by atoms with Gasteiger partial charge in [-0.25, -0.2) is 0 Å². The minimum Gasteiger partial charge on any atom is -0.348 e. The van der Waals surface area contributed by atoms with Crippen LogP contribution in [0.1, 0.15) is 25.6 Å². The number of nitrogens with zero attached hydrogens (tertiary/aromatic N) is 2. The van der Waals surface area contributed by atoms with Crippen LogP contribution in [0.25, 0.3) is 0 Å². The summed E-state index contributed by atoms with van der Waals surface area (Å²) >= 11 is 6.82. The zero-order valence-electron chi connectivity index (χ0n) is 9.73.